The maximum absolute atomic E-state index is 5.77. The first-order chi connectivity index (χ1) is 13.1. The summed E-state index contributed by atoms with van der Waals surface area (Å²) in [5.41, 5.74) is 2.32. The Kier molecular flexibility index (Phi) is 9.07. The molecule has 1 aromatic carbocycles. The van der Waals surface area contributed by atoms with Crippen LogP contribution in [0.1, 0.15) is 22.7 Å². The van der Waals surface area contributed by atoms with Gasteiger partial charge in [-0.25, -0.2) is 4.98 Å². The Bertz CT molecular complexity index is 697. The van der Waals surface area contributed by atoms with Gasteiger partial charge in [0.05, 0.1) is 17.3 Å². The molecule has 2 aromatic rings. The summed E-state index contributed by atoms with van der Waals surface area (Å²) in [5.74, 6) is 1.71. The smallest absolute Gasteiger partial charge is 0.191 e. The third-order valence-electron chi connectivity index (χ3n) is 3.97. The van der Waals surface area contributed by atoms with Crippen LogP contribution in [0.15, 0.2) is 34.6 Å². The molecule has 27 heavy (non-hydrogen) atoms. The Labute approximate surface area is 166 Å². The van der Waals surface area contributed by atoms with E-state index in [0.29, 0.717) is 0 Å². The minimum Gasteiger partial charge on any atom is -0.494 e. The van der Waals surface area contributed by atoms with Crippen LogP contribution < -0.4 is 15.4 Å². The number of guanidine groups is 1. The van der Waals surface area contributed by atoms with Crippen LogP contribution in [-0.2, 0) is 13.0 Å². The molecule has 148 valence electrons. The largest absolute Gasteiger partial charge is 0.494 e. The number of aliphatic imine (C=N–C) groups is 1. The molecule has 0 atom stereocenters. The topological polar surface area (TPSA) is 61.8 Å². The van der Waals surface area contributed by atoms with Crippen LogP contribution in [0, 0.1) is 6.92 Å². The highest BCUT2D eigenvalue weighted by atomic mass is 32.1. The predicted octanol–water partition coefficient (Wildman–Crippen LogP) is 2.69. The van der Waals surface area contributed by atoms with E-state index in [9.17, 15) is 0 Å². The number of nitrogens with zero attached hydrogens (tertiary/aromatic N) is 3. The Morgan fingerprint density at radius 3 is 2.63 bits per heavy atom. The second-order valence-corrected chi connectivity index (χ2v) is 7.67. The van der Waals surface area contributed by atoms with Crippen molar-refractivity contribution in [2.24, 2.45) is 4.99 Å². The van der Waals surface area contributed by atoms with E-state index in [1.165, 1.54) is 5.56 Å². The zero-order valence-electron chi connectivity index (χ0n) is 16.8. The summed E-state index contributed by atoms with van der Waals surface area (Å²) in [6.07, 6.45) is 1.92. The zero-order chi connectivity index (χ0) is 19.5. The minimum absolute atomic E-state index is 0.719. The summed E-state index contributed by atoms with van der Waals surface area (Å²) in [4.78, 5) is 10.9. The van der Waals surface area contributed by atoms with Crippen LogP contribution in [0.3, 0.4) is 0 Å². The van der Waals surface area contributed by atoms with Gasteiger partial charge >= 0.3 is 0 Å². The van der Waals surface area contributed by atoms with Crippen molar-refractivity contribution in [3.63, 3.8) is 0 Å². The molecule has 2 N–H and O–H groups in total. The van der Waals surface area contributed by atoms with Crippen LogP contribution in [-0.4, -0.2) is 56.7 Å². The maximum atomic E-state index is 5.77. The SMILES string of the molecule is CN=C(NCCc1csc(C)n1)NCc1ccc(OCCCN(C)C)cc1. The molecule has 0 amide bonds. The lowest BCUT2D eigenvalue weighted by Crippen LogP contribution is -2.37. The molecule has 0 aliphatic carbocycles. The zero-order valence-corrected chi connectivity index (χ0v) is 17.6. The number of rotatable bonds is 10. The summed E-state index contributed by atoms with van der Waals surface area (Å²) in [6, 6.07) is 8.21. The van der Waals surface area contributed by atoms with Gasteiger partial charge in [-0.1, -0.05) is 12.1 Å². The number of nitrogens with one attached hydrogen (secondary N) is 2. The van der Waals surface area contributed by atoms with Gasteiger partial charge in [0, 0.05) is 38.5 Å². The normalized spacial score (nSPS) is 11.7. The van der Waals surface area contributed by atoms with E-state index in [4.69, 9.17) is 4.74 Å². The fourth-order valence-electron chi connectivity index (χ4n) is 2.51. The third kappa shape index (κ3) is 8.41. The van der Waals surface area contributed by atoms with Crippen molar-refractivity contribution in [2.45, 2.75) is 26.3 Å². The molecular weight excluding hydrogens is 358 g/mol. The highest BCUT2D eigenvalue weighted by Crippen LogP contribution is 2.12. The van der Waals surface area contributed by atoms with E-state index in [1.54, 1.807) is 18.4 Å². The fraction of sp³-hybridized carbons (Fsp3) is 0.500. The molecule has 2 rings (SSSR count). The molecule has 6 nitrogen and oxygen atoms in total. The van der Waals surface area contributed by atoms with E-state index in [2.05, 4.69) is 57.1 Å². The summed E-state index contributed by atoms with van der Waals surface area (Å²) in [7, 11) is 5.93. The van der Waals surface area contributed by atoms with Crippen molar-refractivity contribution in [1.82, 2.24) is 20.5 Å². The molecule has 0 saturated carbocycles. The molecule has 1 heterocycles. The second kappa shape index (κ2) is 11.6. The molecule has 7 heteroatoms. The standard InChI is InChI=1S/C20H31N5OS/c1-16-24-18(15-27-16)10-11-22-20(21-2)23-14-17-6-8-19(9-7-17)26-13-5-12-25(3)4/h6-9,15H,5,10-14H2,1-4H3,(H2,21,22,23). The Morgan fingerprint density at radius 1 is 1.22 bits per heavy atom. The lowest BCUT2D eigenvalue weighted by atomic mass is 10.2. The molecule has 0 aliphatic heterocycles. The van der Waals surface area contributed by atoms with Crippen LogP contribution in [0.2, 0.25) is 0 Å². The van der Waals surface area contributed by atoms with Crippen molar-refractivity contribution >= 4 is 17.3 Å². The van der Waals surface area contributed by atoms with Gasteiger partial charge in [0.25, 0.3) is 0 Å². The summed E-state index contributed by atoms with van der Waals surface area (Å²) in [5, 5.41) is 9.88. The quantitative estimate of drug-likeness (QED) is 0.372. The van der Waals surface area contributed by atoms with Gasteiger partial charge in [0.1, 0.15) is 5.75 Å². The minimum atomic E-state index is 0.719. The number of hydrogen-bond donors (Lipinski definition) is 2. The molecule has 0 fully saturated rings. The van der Waals surface area contributed by atoms with E-state index in [1.807, 2.05) is 19.1 Å². The van der Waals surface area contributed by atoms with Gasteiger partial charge in [-0.15, -0.1) is 11.3 Å². The van der Waals surface area contributed by atoms with Crippen molar-refractivity contribution in [3.8, 4) is 5.75 Å². The van der Waals surface area contributed by atoms with Gasteiger partial charge in [-0.2, -0.15) is 0 Å². The number of aromatic nitrogens is 1. The molecule has 1 aromatic heterocycles. The van der Waals surface area contributed by atoms with Crippen LogP contribution >= 0.6 is 11.3 Å². The van der Waals surface area contributed by atoms with E-state index < -0.39 is 0 Å². The van der Waals surface area contributed by atoms with Crippen LogP contribution in [0.5, 0.6) is 5.75 Å². The monoisotopic (exact) mass is 389 g/mol. The molecule has 0 saturated heterocycles. The molecule has 0 bridgehead atoms. The number of thiazole rings is 1. The average molecular weight is 390 g/mol. The first kappa shape index (κ1) is 21.2. The number of ether oxygens (including phenoxy) is 1. The van der Waals surface area contributed by atoms with Gasteiger partial charge in [-0.05, 0) is 45.1 Å². The highest BCUT2D eigenvalue weighted by molar-refractivity contribution is 7.09. The molecular formula is C20H31N5OS. The lowest BCUT2D eigenvalue weighted by molar-refractivity contribution is 0.281. The lowest BCUT2D eigenvalue weighted by Gasteiger charge is -2.12. The van der Waals surface area contributed by atoms with Crippen molar-refractivity contribution in [2.75, 3.05) is 40.8 Å². The van der Waals surface area contributed by atoms with Gasteiger partial charge < -0.3 is 20.3 Å². The average Bonchev–Trinajstić information content (AvgIpc) is 3.07. The molecule has 0 radical (unpaired) electrons. The van der Waals surface area contributed by atoms with Crippen molar-refractivity contribution in [1.29, 1.82) is 0 Å². The number of hydrogen-bond acceptors (Lipinski definition) is 5. The first-order valence-corrected chi connectivity index (χ1v) is 10.2. The van der Waals surface area contributed by atoms with Gasteiger partial charge in [-0.3, -0.25) is 4.99 Å². The van der Waals surface area contributed by atoms with Gasteiger partial charge in [0.2, 0.25) is 0 Å². The maximum Gasteiger partial charge on any atom is 0.191 e. The third-order valence-corrected chi connectivity index (χ3v) is 4.79. The molecule has 0 spiro atoms. The first-order valence-electron chi connectivity index (χ1n) is 9.29. The van der Waals surface area contributed by atoms with E-state index >= 15 is 0 Å². The molecule has 0 unspecified atom stereocenters. The Balaban J connectivity index is 1.67. The van der Waals surface area contributed by atoms with Crippen LogP contribution in [0.25, 0.3) is 0 Å². The van der Waals surface area contributed by atoms with Crippen molar-refractivity contribution < 1.29 is 4.74 Å². The molecule has 0 aliphatic rings. The predicted molar refractivity (Wildman–Crippen MR) is 114 cm³/mol. The van der Waals surface area contributed by atoms with E-state index in [-0.39, 0.29) is 0 Å². The number of aryl methyl sites for hydroxylation is 1. The number of benzene rings is 1. The van der Waals surface area contributed by atoms with Crippen LogP contribution in [0.4, 0.5) is 0 Å². The fourth-order valence-corrected chi connectivity index (χ4v) is 3.16. The summed E-state index contributed by atoms with van der Waals surface area (Å²) >= 11 is 1.69. The van der Waals surface area contributed by atoms with E-state index in [0.717, 1.165) is 61.5 Å². The summed E-state index contributed by atoms with van der Waals surface area (Å²) in [6.45, 7) is 5.34. The van der Waals surface area contributed by atoms with Crippen molar-refractivity contribution in [3.05, 3.63) is 45.9 Å². The van der Waals surface area contributed by atoms with Gasteiger partial charge in [0.15, 0.2) is 5.96 Å². The second-order valence-electron chi connectivity index (χ2n) is 6.61. The Hall–Kier alpha value is -2.12. The highest BCUT2D eigenvalue weighted by Gasteiger charge is 2.02. The summed E-state index contributed by atoms with van der Waals surface area (Å²) < 4.78 is 5.77. The Morgan fingerprint density at radius 2 is 2.00 bits per heavy atom.